The molecule has 1 heterocycles. The van der Waals surface area contributed by atoms with Gasteiger partial charge in [-0.2, -0.15) is 0 Å². The summed E-state index contributed by atoms with van der Waals surface area (Å²) in [4.78, 5) is 0. The van der Waals surface area contributed by atoms with Crippen LogP contribution in [0.1, 0.15) is 64.7 Å². The lowest BCUT2D eigenvalue weighted by Crippen LogP contribution is -2.31. The Hall–Kier alpha value is -0.0800. The second kappa shape index (κ2) is 9.00. The summed E-state index contributed by atoms with van der Waals surface area (Å²) < 4.78 is 5.40. The van der Waals surface area contributed by atoms with Crippen LogP contribution in [-0.4, -0.2) is 24.4 Å². The minimum Gasteiger partial charge on any atom is -0.393 e. The molecule has 2 nitrogen and oxygen atoms in total. The van der Waals surface area contributed by atoms with E-state index in [1.165, 1.54) is 44.9 Å². The largest absolute Gasteiger partial charge is 0.393 e. The summed E-state index contributed by atoms with van der Waals surface area (Å²) in [6, 6.07) is 0. The lowest BCUT2D eigenvalue weighted by molar-refractivity contribution is -0.0389. The topological polar surface area (TPSA) is 29.5 Å². The van der Waals surface area contributed by atoms with Crippen molar-refractivity contribution < 1.29 is 9.84 Å². The SMILES string of the molecule is CCCCCCCCCC1COCCC1O. The standard InChI is InChI=1S/C14H28O2/c1-2-3-4-5-6-7-8-9-13-12-16-11-10-14(13)15/h13-15H,2-12H2,1H3. The van der Waals surface area contributed by atoms with Crippen LogP contribution in [0.4, 0.5) is 0 Å². The molecule has 0 bridgehead atoms. The molecule has 1 aliphatic rings. The van der Waals surface area contributed by atoms with Gasteiger partial charge in [0.15, 0.2) is 0 Å². The van der Waals surface area contributed by atoms with Crippen LogP contribution in [0.25, 0.3) is 0 Å². The monoisotopic (exact) mass is 228 g/mol. The van der Waals surface area contributed by atoms with E-state index in [0.29, 0.717) is 5.92 Å². The first kappa shape index (κ1) is 14.0. The van der Waals surface area contributed by atoms with Crippen LogP contribution < -0.4 is 0 Å². The van der Waals surface area contributed by atoms with Gasteiger partial charge in [-0.15, -0.1) is 0 Å². The van der Waals surface area contributed by atoms with Crippen molar-refractivity contribution in [1.82, 2.24) is 0 Å². The summed E-state index contributed by atoms with van der Waals surface area (Å²) in [5, 5.41) is 9.76. The van der Waals surface area contributed by atoms with Crippen molar-refractivity contribution in [1.29, 1.82) is 0 Å². The molecule has 0 aromatic rings. The molecule has 2 atom stereocenters. The Labute approximate surface area is 100 Å². The summed E-state index contributed by atoms with van der Waals surface area (Å²) in [5.41, 5.74) is 0. The zero-order valence-electron chi connectivity index (χ0n) is 10.8. The molecule has 2 heteroatoms. The fourth-order valence-corrected chi connectivity index (χ4v) is 2.42. The molecule has 1 N–H and O–H groups in total. The second-order valence-electron chi connectivity index (χ2n) is 5.10. The molecule has 0 spiro atoms. The second-order valence-corrected chi connectivity index (χ2v) is 5.10. The van der Waals surface area contributed by atoms with Gasteiger partial charge in [-0.05, 0) is 12.8 Å². The van der Waals surface area contributed by atoms with Gasteiger partial charge in [-0.3, -0.25) is 0 Å². The van der Waals surface area contributed by atoms with Gasteiger partial charge in [0.2, 0.25) is 0 Å². The average Bonchev–Trinajstić information content (AvgIpc) is 2.30. The lowest BCUT2D eigenvalue weighted by atomic mass is 9.92. The van der Waals surface area contributed by atoms with E-state index in [9.17, 15) is 5.11 Å². The number of rotatable bonds is 8. The molecule has 0 saturated carbocycles. The number of aliphatic hydroxyl groups is 1. The van der Waals surface area contributed by atoms with Crippen LogP contribution in [0.3, 0.4) is 0 Å². The van der Waals surface area contributed by atoms with Crippen molar-refractivity contribution in [3.05, 3.63) is 0 Å². The maximum atomic E-state index is 9.76. The van der Waals surface area contributed by atoms with Crippen LogP contribution in [-0.2, 0) is 4.74 Å². The predicted octanol–water partition coefficient (Wildman–Crippen LogP) is 3.52. The highest BCUT2D eigenvalue weighted by molar-refractivity contribution is 4.72. The van der Waals surface area contributed by atoms with Crippen LogP contribution in [0.5, 0.6) is 0 Å². The number of unbranched alkanes of at least 4 members (excludes halogenated alkanes) is 6. The molecule has 0 aromatic carbocycles. The average molecular weight is 228 g/mol. The fraction of sp³-hybridized carbons (Fsp3) is 1.00. The summed E-state index contributed by atoms with van der Waals surface area (Å²) in [5.74, 6) is 0.407. The van der Waals surface area contributed by atoms with E-state index in [2.05, 4.69) is 6.92 Å². The Morgan fingerprint density at radius 1 is 1.06 bits per heavy atom. The highest BCUT2D eigenvalue weighted by atomic mass is 16.5. The Kier molecular flexibility index (Phi) is 7.87. The number of hydrogen-bond acceptors (Lipinski definition) is 2. The molecular weight excluding hydrogens is 200 g/mol. The zero-order valence-corrected chi connectivity index (χ0v) is 10.8. The van der Waals surface area contributed by atoms with Crippen molar-refractivity contribution >= 4 is 0 Å². The summed E-state index contributed by atoms with van der Waals surface area (Å²) in [7, 11) is 0. The molecule has 1 fully saturated rings. The Morgan fingerprint density at radius 3 is 2.44 bits per heavy atom. The van der Waals surface area contributed by atoms with Crippen LogP contribution in [0, 0.1) is 5.92 Å². The van der Waals surface area contributed by atoms with Gasteiger partial charge >= 0.3 is 0 Å². The first-order chi connectivity index (χ1) is 7.84. The number of aliphatic hydroxyl groups excluding tert-OH is 1. The molecule has 0 amide bonds. The van der Waals surface area contributed by atoms with Gasteiger partial charge in [-0.1, -0.05) is 51.9 Å². The van der Waals surface area contributed by atoms with Gasteiger partial charge in [0.25, 0.3) is 0 Å². The predicted molar refractivity (Wildman–Crippen MR) is 67.5 cm³/mol. The number of hydrogen-bond donors (Lipinski definition) is 1. The molecule has 0 radical (unpaired) electrons. The molecule has 2 unspecified atom stereocenters. The molecule has 1 aliphatic heterocycles. The molecule has 0 aliphatic carbocycles. The highest BCUT2D eigenvalue weighted by Gasteiger charge is 2.22. The minimum atomic E-state index is -0.103. The molecule has 1 rings (SSSR count). The maximum absolute atomic E-state index is 9.76. The van der Waals surface area contributed by atoms with E-state index >= 15 is 0 Å². The summed E-state index contributed by atoms with van der Waals surface area (Å²) in [6.45, 7) is 3.77. The quantitative estimate of drug-likeness (QED) is 0.644. The van der Waals surface area contributed by atoms with Crippen molar-refractivity contribution in [3.8, 4) is 0 Å². The number of ether oxygens (including phenoxy) is 1. The fourth-order valence-electron chi connectivity index (χ4n) is 2.42. The first-order valence-electron chi connectivity index (χ1n) is 7.10. The van der Waals surface area contributed by atoms with Gasteiger partial charge in [0.05, 0.1) is 12.7 Å². The third-order valence-corrected chi connectivity index (χ3v) is 3.61. The van der Waals surface area contributed by atoms with E-state index < -0.39 is 0 Å². The molecule has 0 aromatic heterocycles. The summed E-state index contributed by atoms with van der Waals surface area (Å²) in [6.07, 6.45) is 11.3. The molecular formula is C14H28O2. The Balaban J connectivity index is 1.90. The van der Waals surface area contributed by atoms with E-state index in [4.69, 9.17) is 4.74 Å². The van der Waals surface area contributed by atoms with Gasteiger partial charge in [0, 0.05) is 12.5 Å². The third-order valence-electron chi connectivity index (χ3n) is 3.61. The zero-order chi connectivity index (χ0) is 11.6. The highest BCUT2D eigenvalue weighted by Crippen LogP contribution is 2.21. The van der Waals surface area contributed by atoms with Crippen molar-refractivity contribution in [2.45, 2.75) is 70.8 Å². The van der Waals surface area contributed by atoms with E-state index in [0.717, 1.165) is 26.1 Å². The third kappa shape index (κ3) is 5.86. The molecule has 96 valence electrons. The maximum Gasteiger partial charge on any atom is 0.0612 e. The summed E-state index contributed by atoms with van der Waals surface area (Å²) >= 11 is 0. The van der Waals surface area contributed by atoms with Gasteiger partial charge < -0.3 is 9.84 Å². The van der Waals surface area contributed by atoms with Crippen LogP contribution in [0.2, 0.25) is 0 Å². The van der Waals surface area contributed by atoms with Crippen LogP contribution in [0.15, 0.2) is 0 Å². The normalized spacial score (nSPS) is 25.9. The van der Waals surface area contributed by atoms with Gasteiger partial charge in [-0.25, -0.2) is 0 Å². The van der Waals surface area contributed by atoms with Crippen molar-refractivity contribution in [2.75, 3.05) is 13.2 Å². The molecule has 1 saturated heterocycles. The van der Waals surface area contributed by atoms with Crippen molar-refractivity contribution in [3.63, 3.8) is 0 Å². The van der Waals surface area contributed by atoms with E-state index in [1.807, 2.05) is 0 Å². The van der Waals surface area contributed by atoms with Crippen LogP contribution >= 0.6 is 0 Å². The van der Waals surface area contributed by atoms with Crippen molar-refractivity contribution in [2.24, 2.45) is 5.92 Å². The smallest absolute Gasteiger partial charge is 0.0612 e. The lowest BCUT2D eigenvalue weighted by Gasteiger charge is -2.27. The van der Waals surface area contributed by atoms with E-state index in [-0.39, 0.29) is 6.10 Å². The van der Waals surface area contributed by atoms with E-state index in [1.54, 1.807) is 0 Å². The first-order valence-corrected chi connectivity index (χ1v) is 7.10. The minimum absolute atomic E-state index is 0.103. The Morgan fingerprint density at radius 2 is 1.75 bits per heavy atom. The Bertz CT molecular complexity index is 159. The van der Waals surface area contributed by atoms with Gasteiger partial charge in [0.1, 0.15) is 0 Å². The molecule has 16 heavy (non-hydrogen) atoms.